The van der Waals surface area contributed by atoms with Crippen LogP contribution >= 0.6 is 11.6 Å². The maximum atomic E-state index is 13.9. The number of hydrogen-bond donors (Lipinski definition) is 2. The van der Waals surface area contributed by atoms with Crippen LogP contribution in [-0.4, -0.2) is 57.9 Å². The zero-order valence-electron chi connectivity index (χ0n) is 21.8. The van der Waals surface area contributed by atoms with Crippen molar-refractivity contribution in [3.63, 3.8) is 0 Å². The molecule has 8 nitrogen and oxygen atoms in total. The Morgan fingerprint density at radius 2 is 1.86 bits per heavy atom. The summed E-state index contributed by atoms with van der Waals surface area (Å²) < 4.78 is 32.4. The SMILES string of the molecule is CC(C)c1ccnn1C1(C(=O)Nc2ccc(Cl)cc2OC(F)F)CCN(C[C@@H](C)C(C)(C)C(=O)O)CC1. The maximum absolute atomic E-state index is 13.9. The first-order valence-corrected chi connectivity index (χ1v) is 12.7. The van der Waals surface area contributed by atoms with E-state index in [1.54, 1.807) is 24.7 Å². The van der Waals surface area contributed by atoms with E-state index >= 15 is 0 Å². The number of amides is 1. The number of alkyl halides is 2. The maximum Gasteiger partial charge on any atom is 0.387 e. The number of likely N-dealkylation sites (tertiary alicyclic amines) is 1. The van der Waals surface area contributed by atoms with Crippen molar-refractivity contribution in [3.05, 3.63) is 41.2 Å². The minimum atomic E-state index is -3.08. The highest BCUT2D eigenvalue weighted by Crippen LogP contribution is 2.37. The largest absolute Gasteiger partial charge is 0.481 e. The second kappa shape index (κ2) is 11.3. The van der Waals surface area contributed by atoms with E-state index in [0.717, 1.165) is 5.69 Å². The van der Waals surface area contributed by atoms with Gasteiger partial charge in [-0.3, -0.25) is 14.3 Å². The zero-order chi connectivity index (χ0) is 27.5. The molecule has 1 amide bonds. The van der Waals surface area contributed by atoms with E-state index in [2.05, 4.69) is 20.1 Å². The summed E-state index contributed by atoms with van der Waals surface area (Å²) in [7, 11) is 0. The van der Waals surface area contributed by atoms with Crippen LogP contribution in [0.1, 0.15) is 59.1 Å². The van der Waals surface area contributed by atoms with Crippen LogP contribution in [0, 0.1) is 11.3 Å². The predicted molar refractivity (Wildman–Crippen MR) is 137 cm³/mol. The number of benzene rings is 1. The number of nitrogens with one attached hydrogen (secondary N) is 1. The van der Waals surface area contributed by atoms with Crippen molar-refractivity contribution in [1.29, 1.82) is 0 Å². The topological polar surface area (TPSA) is 96.7 Å². The number of halogens is 3. The van der Waals surface area contributed by atoms with E-state index in [0.29, 0.717) is 32.5 Å². The van der Waals surface area contributed by atoms with Crippen LogP contribution in [0.2, 0.25) is 5.02 Å². The average Bonchev–Trinajstić information content (AvgIpc) is 3.32. The van der Waals surface area contributed by atoms with E-state index in [4.69, 9.17) is 11.6 Å². The highest BCUT2D eigenvalue weighted by molar-refractivity contribution is 6.30. The molecule has 1 aromatic carbocycles. The lowest BCUT2D eigenvalue weighted by Crippen LogP contribution is -2.55. The number of anilines is 1. The van der Waals surface area contributed by atoms with Crippen molar-refractivity contribution < 1.29 is 28.2 Å². The van der Waals surface area contributed by atoms with Crippen molar-refractivity contribution in [1.82, 2.24) is 14.7 Å². The number of nitrogens with zero attached hydrogens (tertiary/aromatic N) is 3. The van der Waals surface area contributed by atoms with Gasteiger partial charge in [-0.25, -0.2) is 0 Å². The minimum absolute atomic E-state index is 0.0894. The van der Waals surface area contributed by atoms with Crippen molar-refractivity contribution in [3.8, 4) is 5.75 Å². The van der Waals surface area contributed by atoms with Gasteiger partial charge >= 0.3 is 12.6 Å². The third-order valence-electron chi connectivity index (χ3n) is 7.50. The highest BCUT2D eigenvalue weighted by Gasteiger charge is 2.46. The average molecular weight is 541 g/mol. The summed E-state index contributed by atoms with van der Waals surface area (Å²) in [4.78, 5) is 27.8. The fourth-order valence-electron chi connectivity index (χ4n) is 4.61. The molecule has 0 radical (unpaired) electrons. The van der Waals surface area contributed by atoms with Gasteiger partial charge in [-0.05, 0) is 56.7 Å². The van der Waals surface area contributed by atoms with Crippen LogP contribution < -0.4 is 10.1 Å². The number of aliphatic carboxylic acids is 1. The van der Waals surface area contributed by atoms with Crippen LogP contribution in [0.4, 0.5) is 14.5 Å². The van der Waals surface area contributed by atoms with Crippen LogP contribution in [-0.2, 0) is 15.1 Å². The number of carboxylic acids is 1. The molecule has 1 aromatic heterocycles. The molecule has 3 rings (SSSR count). The Morgan fingerprint density at radius 1 is 1.22 bits per heavy atom. The smallest absolute Gasteiger partial charge is 0.387 e. The molecular weight excluding hydrogens is 506 g/mol. The Hall–Kier alpha value is -2.72. The molecule has 1 saturated heterocycles. The molecule has 2 N–H and O–H groups in total. The standard InChI is InChI=1S/C26H35ClF2N4O4/c1-16(2)20-8-11-30-33(20)26(9-12-32(13-10-26)15-17(3)25(4,5)23(35)36)22(34)31-19-7-6-18(27)14-21(19)37-24(28)29/h6-8,11,14,16-17,24H,9-10,12-13,15H2,1-5H3,(H,31,34)(H,35,36)/t17-/m1/s1. The van der Waals surface area contributed by atoms with Gasteiger partial charge in [0.05, 0.1) is 11.1 Å². The summed E-state index contributed by atoms with van der Waals surface area (Å²) in [5.41, 5.74) is -1.00. The van der Waals surface area contributed by atoms with Gasteiger partial charge < -0.3 is 20.1 Å². The summed E-state index contributed by atoms with van der Waals surface area (Å²) in [5, 5.41) is 17.1. The van der Waals surface area contributed by atoms with E-state index in [9.17, 15) is 23.5 Å². The molecular formula is C26H35ClF2N4O4. The number of carbonyl (C=O) groups is 2. The molecule has 0 aliphatic carbocycles. The molecule has 1 aliphatic heterocycles. The number of carboxylic acid groups (broad SMARTS) is 1. The molecule has 0 saturated carbocycles. The summed E-state index contributed by atoms with van der Waals surface area (Å²) in [5.74, 6) is -1.50. The first kappa shape index (κ1) is 28.8. The van der Waals surface area contributed by atoms with Crippen molar-refractivity contribution >= 4 is 29.2 Å². The summed E-state index contributed by atoms with van der Waals surface area (Å²) in [6.07, 6.45) is 2.46. The third-order valence-corrected chi connectivity index (χ3v) is 7.73. The number of ether oxygens (including phenoxy) is 1. The van der Waals surface area contributed by atoms with E-state index in [1.807, 2.05) is 26.8 Å². The fraction of sp³-hybridized carbons (Fsp3) is 0.577. The van der Waals surface area contributed by atoms with E-state index < -0.39 is 29.4 Å². The van der Waals surface area contributed by atoms with Crippen LogP contribution in [0.3, 0.4) is 0 Å². The number of carbonyl (C=O) groups excluding carboxylic acids is 1. The summed E-state index contributed by atoms with van der Waals surface area (Å²) >= 11 is 5.96. The van der Waals surface area contributed by atoms with Gasteiger partial charge in [-0.1, -0.05) is 32.4 Å². The molecule has 1 atom stereocenters. The van der Waals surface area contributed by atoms with Gasteiger partial charge in [-0.15, -0.1) is 0 Å². The highest BCUT2D eigenvalue weighted by atomic mass is 35.5. The normalized spacial score (nSPS) is 17.1. The Bertz CT molecular complexity index is 1110. The molecule has 1 fully saturated rings. The van der Waals surface area contributed by atoms with E-state index in [-0.39, 0.29) is 28.3 Å². The molecule has 204 valence electrons. The molecule has 1 aliphatic rings. The van der Waals surface area contributed by atoms with Crippen molar-refractivity contribution in [2.45, 2.75) is 65.5 Å². The lowest BCUT2D eigenvalue weighted by Gasteiger charge is -2.43. The number of hydrogen-bond acceptors (Lipinski definition) is 5. The Labute approximate surface area is 220 Å². The van der Waals surface area contributed by atoms with Crippen LogP contribution in [0.25, 0.3) is 0 Å². The summed E-state index contributed by atoms with van der Waals surface area (Å²) in [6.45, 7) is 7.92. The second-order valence-corrected chi connectivity index (χ2v) is 11.0. The van der Waals surface area contributed by atoms with Crippen molar-refractivity contribution in [2.75, 3.05) is 25.0 Å². The summed E-state index contributed by atoms with van der Waals surface area (Å²) in [6, 6.07) is 6.03. The zero-order valence-corrected chi connectivity index (χ0v) is 22.6. The molecule has 2 aromatic rings. The first-order chi connectivity index (χ1) is 17.3. The van der Waals surface area contributed by atoms with E-state index in [1.165, 1.54) is 18.2 Å². The fourth-order valence-corrected chi connectivity index (χ4v) is 4.77. The lowest BCUT2D eigenvalue weighted by atomic mass is 9.79. The Morgan fingerprint density at radius 3 is 2.43 bits per heavy atom. The number of rotatable bonds is 10. The lowest BCUT2D eigenvalue weighted by molar-refractivity contribution is -0.150. The van der Waals surface area contributed by atoms with Gasteiger partial charge in [0.25, 0.3) is 5.91 Å². The molecule has 0 unspecified atom stereocenters. The van der Waals surface area contributed by atoms with Gasteiger partial charge in [0.2, 0.25) is 0 Å². The first-order valence-electron chi connectivity index (χ1n) is 12.3. The monoisotopic (exact) mass is 540 g/mol. The van der Waals surface area contributed by atoms with Crippen LogP contribution in [0.5, 0.6) is 5.75 Å². The Balaban J connectivity index is 1.90. The molecule has 37 heavy (non-hydrogen) atoms. The second-order valence-electron chi connectivity index (χ2n) is 10.6. The molecule has 2 heterocycles. The quantitative estimate of drug-likeness (QED) is 0.416. The molecule has 11 heteroatoms. The molecule has 0 spiro atoms. The van der Waals surface area contributed by atoms with Gasteiger partial charge in [-0.2, -0.15) is 13.9 Å². The van der Waals surface area contributed by atoms with Crippen molar-refractivity contribution in [2.24, 2.45) is 11.3 Å². The van der Waals surface area contributed by atoms with Crippen LogP contribution in [0.15, 0.2) is 30.5 Å². The minimum Gasteiger partial charge on any atom is -0.481 e. The number of piperidine rings is 1. The predicted octanol–water partition coefficient (Wildman–Crippen LogP) is 5.44. The van der Waals surface area contributed by atoms with Gasteiger partial charge in [0.1, 0.15) is 5.54 Å². The Kier molecular flexibility index (Phi) is 8.85. The van der Waals surface area contributed by atoms with Gasteiger partial charge in [0.15, 0.2) is 5.75 Å². The number of aromatic nitrogens is 2. The van der Waals surface area contributed by atoms with Gasteiger partial charge in [0, 0.05) is 42.6 Å². The molecule has 0 bridgehead atoms. The third kappa shape index (κ3) is 6.23.